The Labute approximate surface area is 105 Å². The van der Waals surface area contributed by atoms with Gasteiger partial charge in [-0.05, 0) is 25.5 Å². The topological polar surface area (TPSA) is 42.4 Å². The average molecular weight is 251 g/mol. The SMILES string of the molecule is CCOCCC(O)Cc1nc2ccccc2s1. The first-order valence-electron chi connectivity index (χ1n) is 5.90. The molecule has 2 aromatic rings. The molecule has 0 saturated heterocycles. The average Bonchev–Trinajstić information content (AvgIpc) is 2.71. The summed E-state index contributed by atoms with van der Waals surface area (Å²) in [5.41, 5.74) is 1.02. The lowest BCUT2D eigenvalue weighted by atomic mass is 10.2. The van der Waals surface area contributed by atoms with E-state index in [1.165, 1.54) is 4.70 Å². The van der Waals surface area contributed by atoms with Crippen molar-refractivity contribution in [3.8, 4) is 0 Å². The molecular formula is C13H17NO2S. The molecule has 1 atom stereocenters. The zero-order chi connectivity index (χ0) is 12.1. The van der Waals surface area contributed by atoms with Crippen molar-refractivity contribution in [2.75, 3.05) is 13.2 Å². The number of aromatic nitrogens is 1. The largest absolute Gasteiger partial charge is 0.393 e. The number of rotatable bonds is 6. The molecule has 0 spiro atoms. The number of benzene rings is 1. The van der Waals surface area contributed by atoms with Crippen LogP contribution in [0.1, 0.15) is 18.4 Å². The van der Waals surface area contributed by atoms with E-state index in [4.69, 9.17) is 4.74 Å². The van der Waals surface area contributed by atoms with Gasteiger partial charge < -0.3 is 9.84 Å². The van der Waals surface area contributed by atoms with Gasteiger partial charge in [-0.2, -0.15) is 0 Å². The van der Waals surface area contributed by atoms with Crippen LogP contribution in [0.25, 0.3) is 10.2 Å². The third kappa shape index (κ3) is 3.49. The third-order valence-electron chi connectivity index (χ3n) is 2.55. The fraction of sp³-hybridized carbons (Fsp3) is 0.462. The van der Waals surface area contributed by atoms with E-state index in [-0.39, 0.29) is 6.10 Å². The molecule has 1 N–H and O–H groups in total. The number of thiazole rings is 1. The number of fused-ring (bicyclic) bond motifs is 1. The Morgan fingerprint density at radius 2 is 2.24 bits per heavy atom. The van der Waals surface area contributed by atoms with Gasteiger partial charge in [0, 0.05) is 19.6 Å². The van der Waals surface area contributed by atoms with Crippen LogP contribution in [0.4, 0.5) is 0 Å². The summed E-state index contributed by atoms with van der Waals surface area (Å²) in [5.74, 6) is 0. The molecule has 2 rings (SSSR count). The molecule has 0 bridgehead atoms. The van der Waals surface area contributed by atoms with Crippen LogP contribution in [0.2, 0.25) is 0 Å². The summed E-state index contributed by atoms with van der Waals surface area (Å²) < 4.78 is 6.40. The molecular weight excluding hydrogens is 234 g/mol. The molecule has 1 unspecified atom stereocenters. The van der Waals surface area contributed by atoms with Gasteiger partial charge in [0.25, 0.3) is 0 Å². The van der Waals surface area contributed by atoms with Gasteiger partial charge in [0.1, 0.15) is 0 Å². The molecule has 0 aliphatic carbocycles. The minimum Gasteiger partial charge on any atom is -0.393 e. The maximum atomic E-state index is 9.84. The Bertz CT molecular complexity index is 436. The van der Waals surface area contributed by atoms with Gasteiger partial charge in [-0.1, -0.05) is 12.1 Å². The summed E-state index contributed by atoms with van der Waals surface area (Å²) in [4.78, 5) is 4.50. The van der Waals surface area contributed by atoms with Crippen molar-refractivity contribution >= 4 is 21.6 Å². The van der Waals surface area contributed by atoms with E-state index in [2.05, 4.69) is 11.1 Å². The van der Waals surface area contributed by atoms with Gasteiger partial charge in [0.05, 0.1) is 21.3 Å². The number of ether oxygens (including phenoxy) is 1. The lowest BCUT2D eigenvalue weighted by Crippen LogP contribution is -2.13. The van der Waals surface area contributed by atoms with Crippen molar-refractivity contribution in [3.05, 3.63) is 29.3 Å². The predicted octanol–water partition coefficient (Wildman–Crippen LogP) is 2.63. The number of aliphatic hydroxyl groups is 1. The number of para-hydroxylation sites is 1. The molecule has 1 heterocycles. The number of hydrogen-bond acceptors (Lipinski definition) is 4. The highest BCUT2D eigenvalue weighted by molar-refractivity contribution is 7.18. The Morgan fingerprint density at radius 3 is 3.00 bits per heavy atom. The standard InChI is InChI=1S/C13H17NO2S/c1-2-16-8-7-10(15)9-13-14-11-5-3-4-6-12(11)17-13/h3-6,10,15H,2,7-9H2,1H3. The van der Waals surface area contributed by atoms with E-state index in [1.54, 1.807) is 11.3 Å². The number of aliphatic hydroxyl groups excluding tert-OH is 1. The third-order valence-corrected chi connectivity index (χ3v) is 3.61. The molecule has 1 aromatic heterocycles. The van der Waals surface area contributed by atoms with Crippen LogP contribution in [0.5, 0.6) is 0 Å². The van der Waals surface area contributed by atoms with Gasteiger partial charge in [-0.15, -0.1) is 11.3 Å². The van der Waals surface area contributed by atoms with Crippen molar-refractivity contribution in [2.45, 2.75) is 25.9 Å². The molecule has 0 amide bonds. The molecule has 0 aliphatic rings. The normalized spacial score (nSPS) is 13.1. The van der Waals surface area contributed by atoms with Crippen molar-refractivity contribution in [1.82, 2.24) is 4.98 Å². The van der Waals surface area contributed by atoms with Crippen molar-refractivity contribution in [3.63, 3.8) is 0 Å². The van der Waals surface area contributed by atoms with E-state index >= 15 is 0 Å². The van der Waals surface area contributed by atoms with E-state index in [0.29, 0.717) is 26.1 Å². The highest BCUT2D eigenvalue weighted by Crippen LogP contribution is 2.22. The Hall–Kier alpha value is -0.970. The van der Waals surface area contributed by atoms with Gasteiger partial charge in [-0.3, -0.25) is 0 Å². The van der Waals surface area contributed by atoms with Crippen LogP contribution in [-0.2, 0) is 11.2 Å². The van der Waals surface area contributed by atoms with Gasteiger partial charge in [-0.25, -0.2) is 4.98 Å². The Balaban J connectivity index is 1.93. The smallest absolute Gasteiger partial charge is 0.0964 e. The zero-order valence-electron chi connectivity index (χ0n) is 9.93. The van der Waals surface area contributed by atoms with Crippen molar-refractivity contribution < 1.29 is 9.84 Å². The molecule has 0 radical (unpaired) electrons. The van der Waals surface area contributed by atoms with Crippen LogP contribution in [0.3, 0.4) is 0 Å². The van der Waals surface area contributed by atoms with Gasteiger partial charge >= 0.3 is 0 Å². The fourth-order valence-electron chi connectivity index (χ4n) is 1.67. The van der Waals surface area contributed by atoms with Crippen LogP contribution in [0.15, 0.2) is 24.3 Å². The summed E-state index contributed by atoms with van der Waals surface area (Å²) in [6, 6.07) is 8.05. The van der Waals surface area contributed by atoms with Gasteiger partial charge in [0.15, 0.2) is 0 Å². The second-order valence-electron chi connectivity index (χ2n) is 3.92. The molecule has 0 fully saturated rings. The first kappa shape index (κ1) is 12.5. The van der Waals surface area contributed by atoms with Crippen molar-refractivity contribution in [1.29, 1.82) is 0 Å². The van der Waals surface area contributed by atoms with E-state index in [1.807, 2.05) is 25.1 Å². The zero-order valence-corrected chi connectivity index (χ0v) is 10.7. The van der Waals surface area contributed by atoms with E-state index in [0.717, 1.165) is 10.5 Å². The molecule has 4 heteroatoms. The van der Waals surface area contributed by atoms with Crippen LogP contribution in [-0.4, -0.2) is 29.4 Å². The lowest BCUT2D eigenvalue weighted by molar-refractivity contribution is 0.0887. The Kier molecular flexibility index (Phi) is 4.48. The highest BCUT2D eigenvalue weighted by Gasteiger charge is 2.09. The van der Waals surface area contributed by atoms with Crippen LogP contribution >= 0.6 is 11.3 Å². The van der Waals surface area contributed by atoms with E-state index < -0.39 is 0 Å². The van der Waals surface area contributed by atoms with Crippen LogP contribution in [0, 0.1) is 0 Å². The summed E-state index contributed by atoms with van der Waals surface area (Å²) in [7, 11) is 0. The molecule has 17 heavy (non-hydrogen) atoms. The lowest BCUT2D eigenvalue weighted by Gasteiger charge is -2.07. The van der Waals surface area contributed by atoms with Crippen LogP contribution < -0.4 is 0 Å². The minimum atomic E-state index is -0.359. The summed E-state index contributed by atoms with van der Waals surface area (Å²) >= 11 is 1.65. The summed E-state index contributed by atoms with van der Waals surface area (Å²) in [6.07, 6.45) is 0.929. The quantitative estimate of drug-likeness (QED) is 0.802. The Morgan fingerprint density at radius 1 is 1.41 bits per heavy atom. The first-order chi connectivity index (χ1) is 8.29. The number of nitrogens with zero attached hydrogens (tertiary/aromatic N) is 1. The van der Waals surface area contributed by atoms with E-state index in [9.17, 15) is 5.11 Å². The minimum absolute atomic E-state index is 0.359. The predicted molar refractivity (Wildman–Crippen MR) is 70.4 cm³/mol. The second kappa shape index (κ2) is 6.10. The molecule has 1 aromatic carbocycles. The monoisotopic (exact) mass is 251 g/mol. The number of hydrogen-bond donors (Lipinski definition) is 1. The maximum absolute atomic E-state index is 9.84. The summed E-state index contributed by atoms with van der Waals surface area (Å²) in [5, 5.41) is 10.8. The molecule has 3 nitrogen and oxygen atoms in total. The first-order valence-corrected chi connectivity index (χ1v) is 6.71. The maximum Gasteiger partial charge on any atom is 0.0964 e. The highest BCUT2D eigenvalue weighted by atomic mass is 32.1. The van der Waals surface area contributed by atoms with Gasteiger partial charge in [0.2, 0.25) is 0 Å². The second-order valence-corrected chi connectivity index (χ2v) is 5.03. The van der Waals surface area contributed by atoms with Crippen molar-refractivity contribution in [2.24, 2.45) is 0 Å². The molecule has 92 valence electrons. The fourth-order valence-corrected chi connectivity index (χ4v) is 2.71. The summed E-state index contributed by atoms with van der Waals surface area (Å²) in [6.45, 7) is 3.27. The molecule has 0 saturated carbocycles. The molecule has 0 aliphatic heterocycles.